The highest BCUT2D eigenvalue weighted by Crippen LogP contribution is 2.26. The van der Waals surface area contributed by atoms with Crippen LogP contribution in [0.2, 0.25) is 0 Å². The van der Waals surface area contributed by atoms with Crippen LogP contribution in [0, 0.1) is 17.8 Å². The van der Waals surface area contributed by atoms with E-state index in [4.69, 9.17) is 4.74 Å². The van der Waals surface area contributed by atoms with Gasteiger partial charge in [0.15, 0.2) is 0 Å². The van der Waals surface area contributed by atoms with E-state index in [0.29, 0.717) is 12.5 Å². The van der Waals surface area contributed by atoms with Gasteiger partial charge in [-0.1, -0.05) is 40.0 Å². The SMILES string of the molecule is COC(=O)C(C)CN(CC(C)C)C(=O)C1CCCCC1. The Balaban J connectivity index is 2.66. The maximum absolute atomic E-state index is 12.7. The molecule has 1 saturated carbocycles. The minimum Gasteiger partial charge on any atom is -0.469 e. The van der Waals surface area contributed by atoms with Crippen molar-refractivity contribution >= 4 is 11.9 Å². The fourth-order valence-electron chi connectivity index (χ4n) is 2.91. The van der Waals surface area contributed by atoms with E-state index in [-0.39, 0.29) is 23.7 Å². The zero-order chi connectivity index (χ0) is 15.1. The molecule has 4 nitrogen and oxygen atoms in total. The summed E-state index contributed by atoms with van der Waals surface area (Å²) in [6.07, 6.45) is 5.55. The van der Waals surface area contributed by atoms with Gasteiger partial charge >= 0.3 is 5.97 Å². The Bertz CT molecular complexity index is 322. The lowest BCUT2D eigenvalue weighted by molar-refractivity contribution is -0.147. The lowest BCUT2D eigenvalue weighted by Crippen LogP contribution is -2.43. The molecule has 1 atom stereocenters. The number of carbonyl (C=O) groups is 2. The summed E-state index contributed by atoms with van der Waals surface area (Å²) in [5.74, 6) is 0.301. The fourth-order valence-corrected chi connectivity index (χ4v) is 2.91. The number of nitrogens with zero attached hydrogens (tertiary/aromatic N) is 1. The van der Waals surface area contributed by atoms with Crippen LogP contribution in [0.15, 0.2) is 0 Å². The lowest BCUT2D eigenvalue weighted by atomic mass is 9.88. The minimum absolute atomic E-state index is 0.160. The van der Waals surface area contributed by atoms with Crippen LogP contribution in [0.4, 0.5) is 0 Å². The van der Waals surface area contributed by atoms with E-state index in [1.54, 1.807) is 0 Å². The normalized spacial score (nSPS) is 17.9. The van der Waals surface area contributed by atoms with Gasteiger partial charge in [0.05, 0.1) is 13.0 Å². The molecule has 0 aromatic rings. The molecule has 20 heavy (non-hydrogen) atoms. The van der Waals surface area contributed by atoms with Crippen LogP contribution in [-0.2, 0) is 14.3 Å². The van der Waals surface area contributed by atoms with E-state index in [1.807, 2.05) is 11.8 Å². The lowest BCUT2D eigenvalue weighted by Gasteiger charge is -2.31. The summed E-state index contributed by atoms with van der Waals surface area (Å²) in [5, 5.41) is 0. The molecular weight excluding hydrogens is 254 g/mol. The number of carbonyl (C=O) groups excluding carboxylic acids is 2. The third-order valence-electron chi connectivity index (χ3n) is 3.95. The van der Waals surface area contributed by atoms with Crippen molar-refractivity contribution in [3.63, 3.8) is 0 Å². The van der Waals surface area contributed by atoms with Gasteiger partial charge in [0.2, 0.25) is 5.91 Å². The molecular formula is C16H29NO3. The third-order valence-corrected chi connectivity index (χ3v) is 3.95. The summed E-state index contributed by atoms with van der Waals surface area (Å²) < 4.78 is 4.77. The largest absolute Gasteiger partial charge is 0.469 e. The number of amides is 1. The predicted molar refractivity (Wildman–Crippen MR) is 79.2 cm³/mol. The standard InChI is InChI=1S/C16H29NO3/c1-12(2)10-17(11-13(3)16(19)20-4)15(18)14-8-6-5-7-9-14/h12-14H,5-11H2,1-4H3. The Morgan fingerprint density at radius 2 is 1.70 bits per heavy atom. The molecule has 0 heterocycles. The highest BCUT2D eigenvalue weighted by atomic mass is 16.5. The average Bonchev–Trinajstić information content (AvgIpc) is 2.45. The van der Waals surface area contributed by atoms with E-state index in [2.05, 4.69) is 13.8 Å². The van der Waals surface area contributed by atoms with Gasteiger partial charge < -0.3 is 9.64 Å². The summed E-state index contributed by atoms with van der Waals surface area (Å²) in [5.41, 5.74) is 0. The molecule has 4 heteroatoms. The maximum Gasteiger partial charge on any atom is 0.310 e. The van der Waals surface area contributed by atoms with E-state index in [1.165, 1.54) is 13.5 Å². The zero-order valence-electron chi connectivity index (χ0n) is 13.4. The van der Waals surface area contributed by atoms with E-state index in [9.17, 15) is 9.59 Å². The molecule has 1 aliphatic carbocycles. The first kappa shape index (κ1) is 17.0. The Hall–Kier alpha value is -1.06. The Labute approximate surface area is 122 Å². The van der Waals surface area contributed by atoms with Crippen LogP contribution in [0.3, 0.4) is 0 Å². The van der Waals surface area contributed by atoms with Crippen LogP contribution < -0.4 is 0 Å². The summed E-state index contributed by atoms with van der Waals surface area (Å²) in [7, 11) is 1.40. The van der Waals surface area contributed by atoms with Gasteiger partial charge in [-0.2, -0.15) is 0 Å². The molecule has 0 saturated heterocycles. The molecule has 0 spiro atoms. The number of ether oxygens (including phenoxy) is 1. The second-order valence-electron chi connectivity index (χ2n) is 6.40. The average molecular weight is 283 g/mol. The van der Waals surface area contributed by atoms with Gasteiger partial charge in [0, 0.05) is 19.0 Å². The van der Waals surface area contributed by atoms with Crippen LogP contribution >= 0.6 is 0 Å². The third kappa shape index (κ3) is 5.14. The summed E-state index contributed by atoms with van der Waals surface area (Å²) >= 11 is 0. The highest BCUT2D eigenvalue weighted by molar-refractivity contribution is 5.80. The Morgan fingerprint density at radius 3 is 2.20 bits per heavy atom. The monoisotopic (exact) mass is 283 g/mol. The van der Waals surface area contributed by atoms with Crippen molar-refractivity contribution in [2.24, 2.45) is 17.8 Å². The van der Waals surface area contributed by atoms with Crippen LogP contribution in [0.1, 0.15) is 52.9 Å². The molecule has 0 bridgehead atoms. The van der Waals surface area contributed by atoms with E-state index < -0.39 is 0 Å². The molecule has 1 amide bonds. The summed E-state index contributed by atoms with van der Waals surface area (Å²) in [4.78, 5) is 26.1. The number of hydrogen-bond donors (Lipinski definition) is 0. The van der Waals surface area contributed by atoms with Crippen molar-refractivity contribution < 1.29 is 14.3 Å². The van der Waals surface area contributed by atoms with Crippen LogP contribution in [0.25, 0.3) is 0 Å². The predicted octanol–water partition coefficient (Wildman–Crippen LogP) is 2.86. The first-order valence-electron chi connectivity index (χ1n) is 7.82. The molecule has 1 aliphatic rings. The van der Waals surface area contributed by atoms with Gasteiger partial charge in [0.25, 0.3) is 0 Å². The van der Waals surface area contributed by atoms with Crippen molar-refractivity contribution in [2.45, 2.75) is 52.9 Å². The molecule has 0 aliphatic heterocycles. The summed E-state index contributed by atoms with van der Waals surface area (Å²) in [6.45, 7) is 7.22. The number of methoxy groups -OCH3 is 1. The van der Waals surface area contributed by atoms with Crippen molar-refractivity contribution in [1.82, 2.24) is 4.90 Å². The Morgan fingerprint density at radius 1 is 1.10 bits per heavy atom. The van der Waals surface area contributed by atoms with Crippen molar-refractivity contribution in [3.05, 3.63) is 0 Å². The van der Waals surface area contributed by atoms with Gasteiger partial charge in [-0.3, -0.25) is 9.59 Å². The molecule has 116 valence electrons. The molecule has 0 N–H and O–H groups in total. The first-order chi connectivity index (χ1) is 9.45. The smallest absolute Gasteiger partial charge is 0.310 e. The Kier molecular flexibility index (Phi) is 7.03. The summed E-state index contributed by atoms with van der Waals surface area (Å²) in [6, 6.07) is 0. The van der Waals surface area contributed by atoms with Crippen molar-refractivity contribution in [3.8, 4) is 0 Å². The van der Waals surface area contributed by atoms with E-state index >= 15 is 0 Å². The molecule has 1 fully saturated rings. The van der Waals surface area contributed by atoms with Gasteiger partial charge in [-0.25, -0.2) is 0 Å². The zero-order valence-corrected chi connectivity index (χ0v) is 13.4. The molecule has 1 unspecified atom stereocenters. The number of rotatable bonds is 6. The van der Waals surface area contributed by atoms with Crippen LogP contribution in [-0.4, -0.2) is 37.0 Å². The van der Waals surface area contributed by atoms with Gasteiger partial charge in [-0.05, 0) is 18.8 Å². The van der Waals surface area contributed by atoms with Crippen LogP contribution in [0.5, 0.6) is 0 Å². The van der Waals surface area contributed by atoms with Crippen molar-refractivity contribution in [1.29, 1.82) is 0 Å². The quantitative estimate of drug-likeness (QED) is 0.704. The maximum atomic E-state index is 12.7. The van der Waals surface area contributed by atoms with Crippen molar-refractivity contribution in [2.75, 3.05) is 20.2 Å². The van der Waals surface area contributed by atoms with E-state index in [0.717, 1.165) is 32.2 Å². The molecule has 0 aromatic carbocycles. The second-order valence-corrected chi connectivity index (χ2v) is 6.40. The second kappa shape index (κ2) is 8.28. The first-order valence-corrected chi connectivity index (χ1v) is 7.82. The molecule has 0 aromatic heterocycles. The molecule has 1 rings (SSSR count). The van der Waals surface area contributed by atoms with Gasteiger partial charge in [0.1, 0.15) is 0 Å². The highest BCUT2D eigenvalue weighted by Gasteiger charge is 2.28. The fraction of sp³-hybridized carbons (Fsp3) is 0.875. The number of esters is 1. The minimum atomic E-state index is -0.258. The number of hydrogen-bond acceptors (Lipinski definition) is 3. The molecule has 0 radical (unpaired) electrons. The topological polar surface area (TPSA) is 46.6 Å². The van der Waals surface area contributed by atoms with Gasteiger partial charge in [-0.15, -0.1) is 0 Å².